The van der Waals surface area contributed by atoms with Crippen molar-refractivity contribution in [1.82, 2.24) is 4.90 Å². The maximum Gasteiger partial charge on any atom is 0.141 e. The summed E-state index contributed by atoms with van der Waals surface area (Å²) in [5, 5.41) is 10.3. The fraction of sp³-hybridized carbons (Fsp3) is 0.286. The summed E-state index contributed by atoms with van der Waals surface area (Å²) in [7, 11) is 5.71. The topological polar surface area (TPSA) is 30.3 Å². The third-order valence-electron chi connectivity index (χ3n) is 2.49. The summed E-state index contributed by atoms with van der Waals surface area (Å²) in [6.45, 7) is 0. The molecular weight excluding hydrogens is 306 g/mol. The van der Waals surface area contributed by atoms with Crippen molar-refractivity contribution in [2.45, 2.75) is 0 Å². The monoisotopic (exact) mass is 323 g/mol. The molecule has 6 heteroatoms. The molecule has 0 unspecified atom stereocenters. The van der Waals surface area contributed by atoms with Crippen LogP contribution < -0.4 is 4.90 Å². The summed E-state index contributed by atoms with van der Waals surface area (Å²) in [5.41, 5.74) is 1.04. The van der Waals surface area contributed by atoms with Crippen LogP contribution >= 0.6 is 35.7 Å². The lowest BCUT2D eigenvalue weighted by atomic mass is 10.3. The Kier molecular flexibility index (Phi) is 6.93. The Morgan fingerprint density at radius 3 is 2.25 bits per heavy atom. The van der Waals surface area contributed by atoms with Crippen LogP contribution in [0.25, 0.3) is 0 Å². The highest BCUT2D eigenvalue weighted by Gasteiger charge is 2.15. The van der Waals surface area contributed by atoms with Gasteiger partial charge in [0.1, 0.15) is 15.3 Å². The second kappa shape index (κ2) is 8.20. The van der Waals surface area contributed by atoms with Gasteiger partial charge in [0.25, 0.3) is 0 Å². The molecular formula is C14H17N3S3. The third-order valence-corrected chi connectivity index (χ3v) is 5.13. The number of hydrogen-bond donors (Lipinski definition) is 0. The molecule has 106 valence electrons. The SMILES string of the molecule is CS/C(=C(/C#N)SC(=S)N(C)C)N(C)c1ccccc1. The molecule has 0 radical (unpaired) electrons. The molecule has 0 saturated heterocycles. The van der Waals surface area contributed by atoms with Gasteiger partial charge in [-0.05, 0) is 30.2 Å². The first kappa shape index (κ1) is 16.9. The lowest BCUT2D eigenvalue weighted by Gasteiger charge is -2.23. The third kappa shape index (κ3) is 4.44. The van der Waals surface area contributed by atoms with Crippen molar-refractivity contribution in [2.24, 2.45) is 0 Å². The predicted molar refractivity (Wildman–Crippen MR) is 94.9 cm³/mol. The van der Waals surface area contributed by atoms with Crippen LogP contribution in [-0.4, -0.2) is 36.6 Å². The average Bonchev–Trinajstić information content (AvgIpc) is 2.47. The standard InChI is InChI=1S/C14H17N3S3/c1-16(2)14(18)20-12(10-15)13(19-4)17(3)11-8-6-5-7-9-11/h5-9H,1-4H3/b13-12-. The minimum atomic E-state index is 0.613. The van der Waals surface area contributed by atoms with Crippen molar-refractivity contribution in [3.8, 4) is 6.07 Å². The fourth-order valence-corrected chi connectivity index (χ4v) is 3.31. The van der Waals surface area contributed by atoms with Gasteiger partial charge >= 0.3 is 0 Å². The second-order valence-electron chi connectivity index (χ2n) is 4.11. The molecule has 3 nitrogen and oxygen atoms in total. The molecule has 0 amide bonds. The zero-order valence-electron chi connectivity index (χ0n) is 12.0. The van der Waals surface area contributed by atoms with Crippen LogP contribution in [0.5, 0.6) is 0 Å². The first-order valence-electron chi connectivity index (χ1n) is 5.87. The summed E-state index contributed by atoms with van der Waals surface area (Å²) in [5.74, 6) is 0. The van der Waals surface area contributed by atoms with Gasteiger partial charge in [-0.15, -0.1) is 11.8 Å². The number of para-hydroxylation sites is 1. The number of nitrogens with zero attached hydrogens (tertiary/aromatic N) is 3. The molecule has 0 aliphatic carbocycles. The van der Waals surface area contributed by atoms with Gasteiger partial charge in [0, 0.05) is 26.8 Å². The summed E-state index contributed by atoms with van der Waals surface area (Å²) in [6, 6.07) is 12.2. The molecule has 0 heterocycles. The number of anilines is 1. The van der Waals surface area contributed by atoms with E-state index in [-0.39, 0.29) is 0 Å². The molecule has 0 bridgehead atoms. The Bertz CT molecular complexity index is 532. The molecule has 0 atom stereocenters. The second-order valence-corrected chi connectivity index (χ2v) is 6.55. The first-order chi connectivity index (χ1) is 9.51. The Labute approximate surface area is 134 Å². The summed E-state index contributed by atoms with van der Waals surface area (Å²) in [4.78, 5) is 4.45. The van der Waals surface area contributed by atoms with E-state index in [4.69, 9.17) is 12.2 Å². The maximum atomic E-state index is 9.41. The molecule has 0 aliphatic heterocycles. The van der Waals surface area contributed by atoms with Crippen molar-refractivity contribution in [2.75, 3.05) is 32.3 Å². The van der Waals surface area contributed by atoms with Gasteiger partial charge in [-0.3, -0.25) is 0 Å². The molecule has 1 aromatic carbocycles. The summed E-state index contributed by atoms with van der Waals surface area (Å²) < 4.78 is 0.676. The van der Waals surface area contributed by atoms with Crippen molar-refractivity contribution in [3.05, 3.63) is 40.3 Å². The van der Waals surface area contributed by atoms with Crippen LogP contribution in [-0.2, 0) is 0 Å². The molecule has 0 N–H and O–H groups in total. The lowest BCUT2D eigenvalue weighted by Crippen LogP contribution is -2.19. The van der Waals surface area contributed by atoms with Gasteiger partial charge < -0.3 is 9.80 Å². The highest BCUT2D eigenvalue weighted by atomic mass is 32.2. The van der Waals surface area contributed by atoms with E-state index in [9.17, 15) is 5.26 Å². The van der Waals surface area contributed by atoms with E-state index in [1.807, 2.05) is 67.5 Å². The van der Waals surface area contributed by atoms with Crippen LogP contribution in [0.3, 0.4) is 0 Å². The van der Waals surface area contributed by atoms with Gasteiger partial charge in [-0.1, -0.05) is 30.4 Å². The molecule has 1 rings (SSSR count). The maximum absolute atomic E-state index is 9.41. The zero-order chi connectivity index (χ0) is 15.1. The van der Waals surface area contributed by atoms with Gasteiger partial charge in [-0.2, -0.15) is 5.26 Å². The molecule has 0 saturated carbocycles. The largest absolute Gasteiger partial charge is 0.363 e. The Balaban J connectivity index is 3.10. The van der Waals surface area contributed by atoms with Crippen LogP contribution in [0.2, 0.25) is 0 Å². The van der Waals surface area contributed by atoms with Gasteiger partial charge in [0.05, 0.1) is 5.03 Å². The highest BCUT2D eigenvalue weighted by Crippen LogP contribution is 2.32. The molecule has 0 aromatic heterocycles. The number of hydrogen-bond acceptors (Lipinski definition) is 5. The summed E-state index contributed by atoms with van der Waals surface area (Å²) in [6.07, 6.45) is 1.96. The van der Waals surface area contributed by atoms with E-state index >= 15 is 0 Å². The molecule has 0 aliphatic rings. The van der Waals surface area contributed by atoms with E-state index in [1.54, 1.807) is 11.8 Å². The van der Waals surface area contributed by atoms with Crippen LogP contribution in [0.15, 0.2) is 40.3 Å². The number of thiocarbonyl (C=S) groups is 1. The Morgan fingerprint density at radius 1 is 1.20 bits per heavy atom. The quantitative estimate of drug-likeness (QED) is 0.619. The number of thioether (sulfide) groups is 2. The highest BCUT2D eigenvalue weighted by molar-refractivity contribution is 8.26. The van der Waals surface area contributed by atoms with Crippen LogP contribution in [0.1, 0.15) is 0 Å². The van der Waals surface area contributed by atoms with E-state index in [2.05, 4.69) is 6.07 Å². The van der Waals surface area contributed by atoms with E-state index in [0.29, 0.717) is 9.23 Å². The van der Waals surface area contributed by atoms with Gasteiger partial charge in [0.15, 0.2) is 0 Å². The average molecular weight is 324 g/mol. The van der Waals surface area contributed by atoms with E-state index in [0.717, 1.165) is 10.7 Å². The van der Waals surface area contributed by atoms with Crippen molar-refractivity contribution in [3.63, 3.8) is 0 Å². The number of nitriles is 1. The minimum Gasteiger partial charge on any atom is -0.363 e. The molecule has 1 aromatic rings. The van der Waals surface area contributed by atoms with E-state index in [1.165, 1.54) is 11.8 Å². The minimum absolute atomic E-state index is 0.613. The van der Waals surface area contributed by atoms with Gasteiger partial charge in [-0.25, -0.2) is 0 Å². The number of allylic oxidation sites excluding steroid dienone is 1. The Hall–Kier alpha value is -1.16. The predicted octanol–water partition coefficient (Wildman–Crippen LogP) is 3.76. The zero-order valence-corrected chi connectivity index (χ0v) is 14.4. The van der Waals surface area contributed by atoms with Crippen molar-refractivity contribution >= 4 is 45.7 Å². The van der Waals surface area contributed by atoms with Gasteiger partial charge in [0.2, 0.25) is 0 Å². The summed E-state index contributed by atoms with van der Waals surface area (Å²) >= 11 is 8.13. The van der Waals surface area contributed by atoms with Crippen LogP contribution in [0, 0.1) is 11.3 Å². The molecule has 0 fully saturated rings. The van der Waals surface area contributed by atoms with Crippen LogP contribution in [0.4, 0.5) is 5.69 Å². The van der Waals surface area contributed by atoms with Crippen molar-refractivity contribution in [1.29, 1.82) is 5.26 Å². The molecule has 20 heavy (non-hydrogen) atoms. The first-order valence-corrected chi connectivity index (χ1v) is 8.32. The number of rotatable bonds is 4. The van der Waals surface area contributed by atoms with Crippen molar-refractivity contribution < 1.29 is 0 Å². The lowest BCUT2D eigenvalue weighted by molar-refractivity contribution is 0.648. The number of benzene rings is 1. The smallest absolute Gasteiger partial charge is 0.141 e. The Morgan fingerprint density at radius 2 is 1.80 bits per heavy atom. The van der Waals surface area contributed by atoms with E-state index < -0.39 is 0 Å². The normalized spacial score (nSPS) is 11.3. The molecule has 0 spiro atoms. The fourth-order valence-electron chi connectivity index (χ4n) is 1.44.